The summed E-state index contributed by atoms with van der Waals surface area (Å²) in [6, 6.07) is 8.08. The molecule has 134 valence electrons. The molecule has 1 heterocycles. The van der Waals surface area contributed by atoms with Crippen LogP contribution in [0.1, 0.15) is 31.7 Å². The predicted molar refractivity (Wildman–Crippen MR) is 102 cm³/mol. The Bertz CT molecular complexity index is 657. The highest BCUT2D eigenvalue weighted by Crippen LogP contribution is 2.21. The van der Waals surface area contributed by atoms with Gasteiger partial charge in [0.1, 0.15) is 0 Å². The standard InChI is InChI=1S/C17H26N2O3S2/c1-13(2)14-4-6-15(7-5-14)18-17(23)19(9-10-22-3)16-8-11-24(20,21)12-16/h4-7,13,16H,8-12H2,1-3H3,(H,18,23)/t16-/m0/s1. The molecule has 0 spiro atoms. The van der Waals surface area contributed by atoms with Gasteiger partial charge in [0.25, 0.3) is 0 Å². The molecular weight excluding hydrogens is 344 g/mol. The third-order valence-corrected chi connectivity index (χ3v) is 6.36. The number of hydrogen-bond acceptors (Lipinski definition) is 4. The fourth-order valence-corrected chi connectivity index (χ4v) is 4.90. The first-order valence-electron chi connectivity index (χ1n) is 8.19. The number of hydrogen-bond donors (Lipinski definition) is 1. The van der Waals surface area contributed by atoms with E-state index in [-0.39, 0.29) is 17.5 Å². The number of nitrogens with zero attached hydrogens (tertiary/aromatic N) is 1. The largest absolute Gasteiger partial charge is 0.383 e. The summed E-state index contributed by atoms with van der Waals surface area (Å²) >= 11 is 5.53. The number of anilines is 1. The normalized spacial score (nSPS) is 19.4. The van der Waals surface area contributed by atoms with E-state index < -0.39 is 9.84 Å². The van der Waals surface area contributed by atoms with Gasteiger partial charge in [-0.1, -0.05) is 26.0 Å². The van der Waals surface area contributed by atoms with Crippen LogP contribution in [-0.2, 0) is 14.6 Å². The van der Waals surface area contributed by atoms with Crippen molar-refractivity contribution in [3.63, 3.8) is 0 Å². The van der Waals surface area contributed by atoms with Gasteiger partial charge in [-0.05, 0) is 42.3 Å². The molecule has 0 saturated carbocycles. The number of sulfone groups is 1. The number of thiocarbonyl (C=S) groups is 1. The van der Waals surface area contributed by atoms with E-state index in [1.165, 1.54) is 5.56 Å². The molecule has 7 heteroatoms. The molecule has 1 fully saturated rings. The lowest BCUT2D eigenvalue weighted by Crippen LogP contribution is -2.45. The van der Waals surface area contributed by atoms with Crippen molar-refractivity contribution < 1.29 is 13.2 Å². The molecule has 1 aromatic rings. The Balaban J connectivity index is 2.07. The van der Waals surface area contributed by atoms with Crippen LogP contribution in [0, 0.1) is 0 Å². The number of ether oxygens (including phenoxy) is 1. The van der Waals surface area contributed by atoms with Gasteiger partial charge in [0.2, 0.25) is 0 Å². The molecular formula is C17H26N2O3S2. The van der Waals surface area contributed by atoms with Crippen LogP contribution in [0.2, 0.25) is 0 Å². The van der Waals surface area contributed by atoms with Crippen molar-refractivity contribution in [1.29, 1.82) is 0 Å². The zero-order chi connectivity index (χ0) is 17.7. The highest BCUT2D eigenvalue weighted by atomic mass is 32.2. The van der Waals surface area contributed by atoms with E-state index in [9.17, 15) is 8.42 Å². The first-order chi connectivity index (χ1) is 11.3. The summed E-state index contributed by atoms with van der Waals surface area (Å²) in [5.74, 6) is 0.866. The molecule has 1 saturated heterocycles. The molecule has 24 heavy (non-hydrogen) atoms. The van der Waals surface area contributed by atoms with Crippen LogP contribution in [-0.4, -0.2) is 56.2 Å². The summed E-state index contributed by atoms with van der Waals surface area (Å²) < 4.78 is 28.7. The van der Waals surface area contributed by atoms with E-state index in [2.05, 4.69) is 31.3 Å². The molecule has 0 aliphatic carbocycles. The molecule has 0 amide bonds. The van der Waals surface area contributed by atoms with Crippen LogP contribution in [0.5, 0.6) is 0 Å². The van der Waals surface area contributed by atoms with Crippen molar-refractivity contribution in [2.45, 2.75) is 32.2 Å². The van der Waals surface area contributed by atoms with Crippen molar-refractivity contribution in [3.05, 3.63) is 29.8 Å². The lowest BCUT2D eigenvalue weighted by molar-refractivity contribution is 0.166. The Labute approximate surface area is 150 Å². The number of nitrogens with one attached hydrogen (secondary N) is 1. The number of rotatable bonds is 6. The van der Waals surface area contributed by atoms with Gasteiger partial charge in [0.15, 0.2) is 14.9 Å². The smallest absolute Gasteiger partial charge is 0.173 e. The fourth-order valence-electron chi connectivity index (χ4n) is 2.81. The maximum Gasteiger partial charge on any atom is 0.173 e. The SMILES string of the molecule is COCCN(C(=S)Nc1ccc(C(C)C)cc1)[C@H]1CCS(=O)(=O)C1. The van der Waals surface area contributed by atoms with Crippen molar-refractivity contribution in [3.8, 4) is 0 Å². The first-order valence-corrected chi connectivity index (χ1v) is 10.4. The quantitative estimate of drug-likeness (QED) is 0.777. The van der Waals surface area contributed by atoms with E-state index in [0.717, 1.165) is 5.69 Å². The number of methoxy groups -OCH3 is 1. The second-order valence-corrected chi connectivity index (χ2v) is 9.07. The minimum absolute atomic E-state index is 0.0833. The van der Waals surface area contributed by atoms with Gasteiger partial charge >= 0.3 is 0 Å². The molecule has 1 aliphatic heterocycles. The van der Waals surface area contributed by atoms with Crippen LogP contribution >= 0.6 is 12.2 Å². The topological polar surface area (TPSA) is 58.6 Å². The van der Waals surface area contributed by atoms with Gasteiger partial charge in [-0.25, -0.2) is 8.42 Å². The van der Waals surface area contributed by atoms with Crippen LogP contribution in [0.3, 0.4) is 0 Å². The highest BCUT2D eigenvalue weighted by molar-refractivity contribution is 7.91. The summed E-state index contributed by atoms with van der Waals surface area (Å²) in [6.07, 6.45) is 0.611. The lowest BCUT2D eigenvalue weighted by Gasteiger charge is -2.30. The second kappa shape index (κ2) is 8.27. The van der Waals surface area contributed by atoms with E-state index in [4.69, 9.17) is 17.0 Å². The minimum Gasteiger partial charge on any atom is -0.383 e. The zero-order valence-electron chi connectivity index (χ0n) is 14.5. The van der Waals surface area contributed by atoms with Crippen molar-refractivity contribution in [1.82, 2.24) is 4.90 Å². The van der Waals surface area contributed by atoms with E-state index in [0.29, 0.717) is 30.6 Å². The van der Waals surface area contributed by atoms with E-state index >= 15 is 0 Å². The van der Waals surface area contributed by atoms with Gasteiger partial charge in [0, 0.05) is 25.4 Å². The van der Waals surface area contributed by atoms with E-state index in [1.807, 2.05) is 17.0 Å². The molecule has 0 unspecified atom stereocenters. The third kappa shape index (κ3) is 5.16. The van der Waals surface area contributed by atoms with Gasteiger partial charge in [-0.3, -0.25) is 0 Å². The Kier molecular flexibility index (Phi) is 6.60. The fraction of sp³-hybridized carbons (Fsp3) is 0.588. The molecule has 0 radical (unpaired) electrons. The van der Waals surface area contributed by atoms with Crippen molar-refractivity contribution in [2.24, 2.45) is 0 Å². The Morgan fingerprint density at radius 2 is 2.04 bits per heavy atom. The van der Waals surface area contributed by atoms with Crippen LogP contribution in [0.4, 0.5) is 5.69 Å². The van der Waals surface area contributed by atoms with Crippen LogP contribution < -0.4 is 5.32 Å². The molecule has 0 bridgehead atoms. The summed E-state index contributed by atoms with van der Waals surface area (Å²) in [4.78, 5) is 1.94. The average Bonchev–Trinajstić information content (AvgIpc) is 2.88. The Morgan fingerprint density at radius 3 is 2.54 bits per heavy atom. The van der Waals surface area contributed by atoms with Gasteiger partial charge in [-0.2, -0.15) is 0 Å². The summed E-state index contributed by atoms with van der Waals surface area (Å²) in [7, 11) is -1.33. The molecule has 1 aromatic carbocycles. The minimum atomic E-state index is -2.96. The number of benzene rings is 1. The summed E-state index contributed by atoms with van der Waals surface area (Å²) in [5.41, 5.74) is 2.18. The highest BCUT2D eigenvalue weighted by Gasteiger charge is 2.33. The predicted octanol–water partition coefficient (Wildman–Crippen LogP) is 2.64. The summed E-state index contributed by atoms with van der Waals surface area (Å²) in [5, 5.41) is 3.78. The molecule has 1 atom stereocenters. The summed E-state index contributed by atoms with van der Waals surface area (Å²) in [6.45, 7) is 5.39. The second-order valence-electron chi connectivity index (χ2n) is 6.45. The zero-order valence-corrected chi connectivity index (χ0v) is 16.1. The third-order valence-electron chi connectivity index (χ3n) is 4.27. The monoisotopic (exact) mass is 370 g/mol. The van der Waals surface area contributed by atoms with E-state index in [1.54, 1.807) is 7.11 Å². The molecule has 5 nitrogen and oxygen atoms in total. The first kappa shape index (κ1) is 19.1. The van der Waals surface area contributed by atoms with Crippen LogP contribution in [0.25, 0.3) is 0 Å². The Hall–Kier alpha value is -1.18. The van der Waals surface area contributed by atoms with Gasteiger partial charge in [-0.15, -0.1) is 0 Å². The molecule has 2 rings (SSSR count). The lowest BCUT2D eigenvalue weighted by atomic mass is 10.0. The maximum atomic E-state index is 11.8. The molecule has 0 aromatic heterocycles. The van der Waals surface area contributed by atoms with Gasteiger partial charge in [0.05, 0.1) is 18.1 Å². The molecule has 1 aliphatic rings. The van der Waals surface area contributed by atoms with Crippen LogP contribution in [0.15, 0.2) is 24.3 Å². The molecule has 1 N–H and O–H groups in total. The Morgan fingerprint density at radius 1 is 1.38 bits per heavy atom. The maximum absolute atomic E-state index is 11.8. The van der Waals surface area contributed by atoms with Crippen molar-refractivity contribution >= 4 is 32.9 Å². The van der Waals surface area contributed by atoms with Gasteiger partial charge < -0.3 is 15.0 Å². The average molecular weight is 371 g/mol. The van der Waals surface area contributed by atoms with Crippen molar-refractivity contribution in [2.75, 3.05) is 37.1 Å².